The maximum atomic E-state index is 4.93. The first-order valence-electron chi connectivity index (χ1n) is 1.74. The summed E-state index contributed by atoms with van der Waals surface area (Å²) in [6.07, 6.45) is 0. The SMILES string of the molecule is N[NH3+].Nc1nnn[n-]1. The van der Waals surface area contributed by atoms with Gasteiger partial charge in [0.05, 0.1) is 5.95 Å². The minimum Gasteiger partial charge on any atom is -0.430 e. The van der Waals surface area contributed by atoms with Gasteiger partial charge in [-0.3, -0.25) is 10.9 Å². The maximum absolute atomic E-state index is 4.93. The van der Waals surface area contributed by atoms with Crippen molar-refractivity contribution in [3.05, 3.63) is 0 Å². The van der Waals surface area contributed by atoms with Gasteiger partial charge < -0.3 is 5.73 Å². The fraction of sp³-hybridized carbons (Fsp3) is 0. The molecule has 1 heterocycles. The second kappa shape index (κ2) is 3.96. The van der Waals surface area contributed by atoms with Crippen LogP contribution in [0.25, 0.3) is 0 Å². The lowest BCUT2D eigenvalue weighted by atomic mass is 11.2. The van der Waals surface area contributed by atoms with Gasteiger partial charge in [-0.05, 0) is 0 Å². The lowest BCUT2D eigenvalue weighted by molar-refractivity contribution is -0.379. The predicted octanol–water partition coefficient (Wildman–Crippen LogP) is -3.49. The summed E-state index contributed by atoms with van der Waals surface area (Å²) in [6.45, 7) is 0. The smallest absolute Gasteiger partial charge is 0.0924 e. The van der Waals surface area contributed by atoms with Crippen molar-refractivity contribution in [1.29, 1.82) is 0 Å². The van der Waals surface area contributed by atoms with Gasteiger partial charge in [0.15, 0.2) is 0 Å². The van der Waals surface area contributed by atoms with E-state index in [1.165, 1.54) is 0 Å². The van der Waals surface area contributed by atoms with Crippen molar-refractivity contribution in [2.45, 2.75) is 0 Å². The zero-order valence-electron chi connectivity index (χ0n) is 4.15. The van der Waals surface area contributed by atoms with Crippen LogP contribution in [0.4, 0.5) is 5.95 Å². The van der Waals surface area contributed by atoms with E-state index in [1.54, 1.807) is 0 Å². The van der Waals surface area contributed by atoms with E-state index in [-0.39, 0.29) is 5.95 Å². The van der Waals surface area contributed by atoms with Crippen molar-refractivity contribution in [2.75, 3.05) is 5.73 Å². The number of anilines is 1. The fourth-order valence-corrected chi connectivity index (χ4v) is 0.152. The number of tetrazole rings is 1. The first kappa shape index (κ1) is 6.79. The van der Waals surface area contributed by atoms with Crippen molar-refractivity contribution < 1.29 is 5.84 Å². The van der Waals surface area contributed by atoms with Crippen LogP contribution in [0.5, 0.6) is 0 Å². The van der Waals surface area contributed by atoms with Crippen LogP contribution < -0.4 is 22.5 Å². The van der Waals surface area contributed by atoms with E-state index in [0.717, 1.165) is 0 Å². The summed E-state index contributed by atoms with van der Waals surface area (Å²) < 4.78 is 0. The summed E-state index contributed by atoms with van der Waals surface area (Å²) in [7, 11) is 0. The van der Waals surface area contributed by atoms with Gasteiger partial charge in [0, 0.05) is 0 Å². The van der Waals surface area contributed by atoms with E-state index >= 15 is 0 Å². The van der Waals surface area contributed by atoms with Gasteiger partial charge in [-0.15, -0.1) is 5.21 Å². The van der Waals surface area contributed by atoms with Crippen LogP contribution in [-0.4, -0.2) is 15.5 Å². The van der Waals surface area contributed by atoms with Gasteiger partial charge in [0.1, 0.15) is 0 Å². The molecule has 7 nitrogen and oxygen atoms in total. The second-order valence-electron chi connectivity index (χ2n) is 0.737. The average molecular weight is 117 g/mol. The quantitative estimate of drug-likeness (QED) is 0.238. The van der Waals surface area contributed by atoms with Gasteiger partial charge in [-0.1, -0.05) is 0 Å². The lowest BCUT2D eigenvalue weighted by Crippen LogP contribution is -2.59. The number of aromatic nitrogens is 4. The Bertz CT molecular complexity index is 108. The number of nitrogens with zero attached hydrogens (tertiary/aromatic N) is 4. The molecule has 0 unspecified atom stereocenters. The molecule has 0 bridgehead atoms. The van der Waals surface area contributed by atoms with E-state index in [4.69, 9.17) is 5.73 Å². The molecule has 0 amide bonds. The molecule has 0 saturated carbocycles. The molecule has 1 aromatic rings. The zero-order chi connectivity index (χ0) is 6.41. The standard InChI is InChI=1S/CH2N5.H4N2/c2-1-3-5-6-4-1;1-2/h(H2-,2,3,4,5,6);1-2H2/q-1;/p+1. The van der Waals surface area contributed by atoms with Crippen molar-refractivity contribution in [2.24, 2.45) is 5.84 Å². The highest BCUT2D eigenvalue weighted by Gasteiger charge is 1.65. The molecule has 0 aliphatic rings. The minimum absolute atomic E-state index is 0.120. The van der Waals surface area contributed by atoms with Gasteiger partial charge in [0.2, 0.25) is 0 Å². The Balaban J connectivity index is 0.000000222. The van der Waals surface area contributed by atoms with Crippen molar-refractivity contribution in [3.63, 3.8) is 0 Å². The monoisotopic (exact) mass is 117 g/mol. The number of quaternary nitrogens is 1. The summed E-state index contributed by atoms with van der Waals surface area (Å²) in [6, 6.07) is 0. The van der Waals surface area contributed by atoms with Crippen LogP contribution in [0.15, 0.2) is 0 Å². The highest BCUT2D eigenvalue weighted by molar-refractivity contribution is 5.04. The molecule has 46 valence electrons. The van der Waals surface area contributed by atoms with E-state index in [1.807, 2.05) is 0 Å². The third-order valence-electron chi connectivity index (χ3n) is 0.334. The molecule has 0 atom stereocenters. The normalized spacial score (nSPS) is 7.25. The Labute approximate surface area is 45.2 Å². The molecule has 1 aromatic heterocycles. The van der Waals surface area contributed by atoms with Crippen LogP contribution in [0, 0.1) is 0 Å². The van der Waals surface area contributed by atoms with Gasteiger partial charge in [-0.25, -0.2) is 5.10 Å². The molecule has 7 N–H and O–H groups in total. The number of hydrogen-bond donors (Lipinski definition) is 3. The van der Waals surface area contributed by atoms with Crippen molar-refractivity contribution in [3.8, 4) is 0 Å². The summed E-state index contributed by atoms with van der Waals surface area (Å²) >= 11 is 0. The Kier molecular flexibility index (Phi) is 3.36. The fourth-order valence-electron chi connectivity index (χ4n) is 0.152. The largest absolute Gasteiger partial charge is 0.430 e. The molecule has 8 heavy (non-hydrogen) atoms. The third-order valence-corrected chi connectivity index (χ3v) is 0.334. The Morgan fingerprint density at radius 1 is 1.50 bits per heavy atom. The first-order chi connectivity index (χ1) is 3.89. The van der Waals surface area contributed by atoms with Gasteiger partial charge >= 0.3 is 0 Å². The van der Waals surface area contributed by atoms with Crippen LogP contribution in [0.2, 0.25) is 0 Å². The molecule has 0 radical (unpaired) electrons. The second-order valence-corrected chi connectivity index (χ2v) is 0.737. The molecular weight excluding hydrogens is 110 g/mol. The van der Waals surface area contributed by atoms with Gasteiger partial charge in [-0.2, -0.15) is 11.1 Å². The summed E-state index contributed by atoms with van der Waals surface area (Å²) in [4.78, 5) is 0. The average Bonchev–Trinajstić information content (AvgIpc) is 2.24. The third kappa shape index (κ3) is 2.05. The molecule has 0 saturated heterocycles. The van der Waals surface area contributed by atoms with Gasteiger partial charge in [0.25, 0.3) is 0 Å². The Hall–Kier alpha value is -1.21. The Morgan fingerprint density at radius 2 is 2.12 bits per heavy atom. The molecule has 0 aromatic carbocycles. The van der Waals surface area contributed by atoms with E-state index < -0.39 is 0 Å². The molecular formula is CH7N7. The number of nitrogen functional groups attached to an aromatic ring is 1. The summed E-state index contributed by atoms with van der Waals surface area (Å²) in [5.74, 6) is 7.12. The topological polar surface area (TPSA) is 132 Å². The molecule has 0 fully saturated rings. The maximum Gasteiger partial charge on any atom is 0.0924 e. The number of nitrogens with two attached hydrogens (primary N) is 2. The van der Waals surface area contributed by atoms with E-state index in [0.29, 0.717) is 0 Å². The molecule has 7 heteroatoms. The van der Waals surface area contributed by atoms with Crippen LogP contribution in [0.1, 0.15) is 0 Å². The van der Waals surface area contributed by atoms with Crippen LogP contribution >= 0.6 is 0 Å². The molecule has 0 aliphatic heterocycles. The predicted molar refractivity (Wildman–Crippen MR) is 24.6 cm³/mol. The minimum atomic E-state index is 0.120. The van der Waals surface area contributed by atoms with E-state index in [2.05, 4.69) is 32.3 Å². The molecule has 0 aliphatic carbocycles. The molecule has 0 spiro atoms. The van der Waals surface area contributed by atoms with Crippen molar-refractivity contribution >= 4 is 5.95 Å². The highest BCUT2D eigenvalue weighted by atomic mass is 15.5. The highest BCUT2D eigenvalue weighted by Crippen LogP contribution is 1.70. The summed E-state index contributed by atoms with van der Waals surface area (Å²) in [5.41, 5.74) is 4.93. The van der Waals surface area contributed by atoms with Crippen LogP contribution in [0.3, 0.4) is 0 Å². The number of rotatable bonds is 0. The Morgan fingerprint density at radius 3 is 2.25 bits per heavy atom. The number of hydrogen-bond acceptors (Lipinski definition) is 5. The van der Waals surface area contributed by atoms with E-state index in [9.17, 15) is 0 Å². The lowest BCUT2D eigenvalue weighted by Gasteiger charge is -1.75. The summed E-state index contributed by atoms with van der Waals surface area (Å²) in [5, 5.41) is 12.6. The first-order valence-corrected chi connectivity index (χ1v) is 1.74. The molecule has 1 rings (SSSR count). The van der Waals surface area contributed by atoms with Crippen molar-refractivity contribution in [1.82, 2.24) is 20.6 Å². The van der Waals surface area contributed by atoms with Crippen LogP contribution in [-0.2, 0) is 0 Å². The zero-order valence-corrected chi connectivity index (χ0v) is 4.15.